The summed E-state index contributed by atoms with van der Waals surface area (Å²) in [6.07, 6.45) is 9.49. The first-order valence-corrected chi connectivity index (χ1v) is 12.9. The molecule has 0 spiro atoms. The molecule has 1 saturated carbocycles. The van der Waals surface area contributed by atoms with Crippen molar-refractivity contribution in [3.05, 3.63) is 95.8 Å². The van der Waals surface area contributed by atoms with E-state index in [2.05, 4.69) is 29.4 Å². The van der Waals surface area contributed by atoms with E-state index in [1.807, 2.05) is 66.9 Å². The topological polar surface area (TPSA) is 54.9 Å². The predicted octanol–water partition coefficient (Wildman–Crippen LogP) is 6.78. The van der Waals surface area contributed by atoms with Gasteiger partial charge in [-0.1, -0.05) is 73.9 Å². The number of aromatic nitrogens is 2. The van der Waals surface area contributed by atoms with Gasteiger partial charge in [-0.05, 0) is 62.3 Å². The highest BCUT2D eigenvalue weighted by Gasteiger charge is 2.26. The smallest absolute Gasteiger partial charge is 0.252 e. The molecule has 1 fully saturated rings. The fraction of sp³-hybridized carbons (Fsp3) is 0.323. The van der Waals surface area contributed by atoms with Gasteiger partial charge in [0.25, 0.3) is 5.91 Å². The number of para-hydroxylation sites is 1. The number of carbonyl (C=O) groups excluding carboxylic acids is 1. The minimum atomic E-state index is 0.00914. The quantitative estimate of drug-likeness (QED) is 0.329. The lowest BCUT2D eigenvalue weighted by Crippen LogP contribution is -2.39. The van der Waals surface area contributed by atoms with Crippen molar-refractivity contribution < 1.29 is 4.79 Å². The molecule has 1 amide bonds. The summed E-state index contributed by atoms with van der Waals surface area (Å²) in [6.45, 7) is 2.17. The lowest BCUT2D eigenvalue weighted by atomic mass is 9.84. The number of pyridine rings is 2. The second kappa shape index (κ2) is 10.8. The summed E-state index contributed by atoms with van der Waals surface area (Å²) in [6, 6.07) is 24.4. The van der Waals surface area contributed by atoms with Crippen LogP contribution in [0.1, 0.15) is 60.6 Å². The molecule has 1 aliphatic carbocycles. The van der Waals surface area contributed by atoms with E-state index in [9.17, 15) is 4.79 Å². The van der Waals surface area contributed by atoms with Crippen LogP contribution in [0.3, 0.4) is 0 Å². The van der Waals surface area contributed by atoms with Crippen LogP contribution in [0.4, 0.5) is 0 Å². The Kier molecular flexibility index (Phi) is 7.17. The predicted molar refractivity (Wildman–Crippen MR) is 142 cm³/mol. The molecule has 2 heterocycles. The minimum Gasteiger partial charge on any atom is -0.349 e. The molecule has 0 aliphatic heterocycles. The molecule has 2 aromatic carbocycles. The number of fused-ring (bicyclic) bond motifs is 1. The Morgan fingerprint density at radius 1 is 0.914 bits per heavy atom. The van der Waals surface area contributed by atoms with Gasteiger partial charge in [-0.25, -0.2) is 4.98 Å². The Labute approximate surface area is 207 Å². The van der Waals surface area contributed by atoms with Crippen LogP contribution in [0.5, 0.6) is 0 Å². The summed E-state index contributed by atoms with van der Waals surface area (Å²) in [5.41, 5.74) is 5.53. The zero-order valence-electron chi connectivity index (χ0n) is 20.4. The van der Waals surface area contributed by atoms with Crippen molar-refractivity contribution in [3.8, 4) is 11.3 Å². The van der Waals surface area contributed by atoms with E-state index in [0.717, 1.165) is 45.4 Å². The number of aryl methyl sites for hydroxylation is 1. The van der Waals surface area contributed by atoms with E-state index in [-0.39, 0.29) is 11.9 Å². The number of nitrogens with one attached hydrogen (secondary N) is 1. The van der Waals surface area contributed by atoms with Crippen LogP contribution in [-0.2, 0) is 12.8 Å². The average molecular weight is 464 g/mol. The second-order valence-corrected chi connectivity index (χ2v) is 9.68. The Morgan fingerprint density at radius 2 is 1.66 bits per heavy atom. The Balaban J connectivity index is 1.59. The molecule has 1 atom stereocenters. The van der Waals surface area contributed by atoms with Crippen LogP contribution in [0.15, 0.2) is 79.0 Å². The van der Waals surface area contributed by atoms with Gasteiger partial charge in [0, 0.05) is 28.9 Å². The van der Waals surface area contributed by atoms with Crippen LogP contribution < -0.4 is 5.32 Å². The Hall–Kier alpha value is -3.53. The number of amides is 1. The van der Waals surface area contributed by atoms with E-state index in [0.29, 0.717) is 12.3 Å². The summed E-state index contributed by atoms with van der Waals surface area (Å²) in [4.78, 5) is 23.6. The fourth-order valence-electron chi connectivity index (χ4n) is 5.42. The molecule has 4 nitrogen and oxygen atoms in total. The van der Waals surface area contributed by atoms with Crippen LogP contribution in [0.25, 0.3) is 22.2 Å². The number of hydrogen-bond donors (Lipinski definition) is 1. The van der Waals surface area contributed by atoms with E-state index < -0.39 is 0 Å². The summed E-state index contributed by atoms with van der Waals surface area (Å²) in [5, 5.41) is 4.31. The first-order valence-electron chi connectivity index (χ1n) is 12.9. The average Bonchev–Trinajstić information content (AvgIpc) is 2.92. The van der Waals surface area contributed by atoms with Crippen molar-refractivity contribution in [1.82, 2.24) is 15.3 Å². The molecule has 2 aromatic heterocycles. The van der Waals surface area contributed by atoms with Crippen molar-refractivity contribution in [2.24, 2.45) is 5.92 Å². The lowest BCUT2D eigenvalue weighted by molar-refractivity contribution is 0.0920. The number of hydrogen-bond acceptors (Lipinski definition) is 3. The fourth-order valence-corrected chi connectivity index (χ4v) is 5.42. The standard InChI is InChI=1S/C31H33N3O/c1-22(23-12-4-2-5-13-23)33-31(35)29-26-17-8-9-18-28(26)34-30(24-14-6-3-7-15-24)27(29)20-19-25-16-10-11-21-32-25/h3,6-11,14-18,21-23H,2,4-5,12-13,19-20H2,1H3,(H,33,35). The van der Waals surface area contributed by atoms with Gasteiger partial charge >= 0.3 is 0 Å². The molecule has 1 N–H and O–H groups in total. The largest absolute Gasteiger partial charge is 0.349 e. The van der Waals surface area contributed by atoms with Gasteiger partial charge in [0.1, 0.15) is 0 Å². The summed E-state index contributed by atoms with van der Waals surface area (Å²) < 4.78 is 0. The first kappa shape index (κ1) is 23.2. The van der Waals surface area contributed by atoms with E-state index in [4.69, 9.17) is 4.98 Å². The number of carbonyl (C=O) groups is 1. The van der Waals surface area contributed by atoms with Gasteiger partial charge in [-0.2, -0.15) is 0 Å². The van der Waals surface area contributed by atoms with Gasteiger partial charge in [-0.3, -0.25) is 9.78 Å². The van der Waals surface area contributed by atoms with Gasteiger partial charge < -0.3 is 5.32 Å². The van der Waals surface area contributed by atoms with Gasteiger partial charge in [0.05, 0.1) is 16.8 Å². The third-order valence-electron chi connectivity index (χ3n) is 7.34. The zero-order chi connectivity index (χ0) is 24.0. The zero-order valence-corrected chi connectivity index (χ0v) is 20.4. The van der Waals surface area contributed by atoms with E-state index in [1.165, 1.54) is 32.1 Å². The van der Waals surface area contributed by atoms with E-state index in [1.54, 1.807) is 0 Å². The van der Waals surface area contributed by atoms with Gasteiger partial charge in [0.15, 0.2) is 0 Å². The number of benzene rings is 2. The summed E-state index contributed by atoms with van der Waals surface area (Å²) >= 11 is 0. The van der Waals surface area contributed by atoms with Crippen LogP contribution in [0.2, 0.25) is 0 Å². The minimum absolute atomic E-state index is 0.00914. The maximum atomic E-state index is 14.0. The lowest BCUT2D eigenvalue weighted by Gasteiger charge is -2.29. The van der Waals surface area contributed by atoms with Crippen molar-refractivity contribution in [3.63, 3.8) is 0 Å². The molecule has 1 aliphatic rings. The van der Waals surface area contributed by atoms with Crippen LogP contribution in [-0.4, -0.2) is 21.9 Å². The normalized spacial score (nSPS) is 15.1. The summed E-state index contributed by atoms with van der Waals surface area (Å²) in [7, 11) is 0. The molecule has 4 aromatic rings. The molecule has 178 valence electrons. The third kappa shape index (κ3) is 5.27. The van der Waals surface area contributed by atoms with Crippen molar-refractivity contribution >= 4 is 16.8 Å². The highest BCUT2D eigenvalue weighted by molar-refractivity contribution is 6.09. The first-order chi connectivity index (χ1) is 17.2. The van der Waals surface area contributed by atoms with Crippen LogP contribution in [0, 0.1) is 5.92 Å². The molecule has 0 saturated heterocycles. The van der Waals surface area contributed by atoms with Gasteiger partial charge in [0.2, 0.25) is 0 Å². The molecular formula is C31H33N3O. The molecule has 0 radical (unpaired) electrons. The van der Waals surface area contributed by atoms with Crippen molar-refractivity contribution in [2.45, 2.75) is 57.9 Å². The number of nitrogens with zero attached hydrogens (tertiary/aromatic N) is 2. The third-order valence-corrected chi connectivity index (χ3v) is 7.34. The molecule has 5 rings (SSSR count). The van der Waals surface area contributed by atoms with E-state index >= 15 is 0 Å². The molecule has 35 heavy (non-hydrogen) atoms. The maximum Gasteiger partial charge on any atom is 0.252 e. The van der Waals surface area contributed by atoms with Crippen LogP contribution >= 0.6 is 0 Å². The Morgan fingerprint density at radius 3 is 2.43 bits per heavy atom. The number of rotatable bonds is 7. The maximum absolute atomic E-state index is 14.0. The monoisotopic (exact) mass is 463 g/mol. The molecular weight excluding hydrogens is 430 g/mol. The van der Waals surface area contributed by atoms with Crippen molar-refractivity contribution in [2.75, 3.05) is 0 Å². The highest BCUT2D eigenvalue weighted by Crippen LogP contribution is 2.32. The van der Waals surface area contributed by atoms with Gasteiger partial charge in [-0.15, -0.1) is 0 Å². The molecule has 4 heteroatoms. The second-order valence-electron chi connectivity index (χ2n) is 9.68. The van der Waals surface area contributed by atoms with Crippen molar-refractivity contribution in [1.29, 1.82) is 0 Å². The summed E-state index contributed by atoms with van der Waals surface area (Å²) in [5.74, 6) is 0.557. The Bertz CT molecular complexity index is 1280. The SMILES string of the molecule is CC(NC(=O)c1c(CCc2ccccn2)c(-c2ccccc2)nc2ccccc12)C1CCCCC1. The molecule has 0 bridgehead atoms. The highest BCUT2D eigenvalue weighted by atomic mass is 16.1. The molecule has 1 unspecified atom stereocenters.